The van der Waals surface area contributed by atoms with E-state index < -0.39 is 0 Å². The van der Waals surface area contributed by atoms with Crippen molar-refractivity contribution in [2.45, 2.75) is 55.2 Å². The smallest absolute Gasteiger partial charge is 0.271 e. The third kappa shape index (κ3) is 8.92. The molecule has 0 aliphatic carbocycles. The molecule has 29 heavy (non-hydrogen) atoms. The van der Waals surface area contributed by atoms with Gasteiger partial charge in [0.2, 0.25) is 0 Å². The maximum absolute atomic E-state index is 12.2. The summed E-state index contributed by atoms with van der Waals surface area (Å²) >= 11 is 2.72. The summed E-state index contributed by atoms with van der Waals surface area (Å²) < 4.78 is 4.65. The molecule has 0 amide bonds. The summed E-state index contributed by atoms with van der Waals surface area (Å²) in [7, 11) is 5.64. The zero-order valence-electron chi connectivity index (χ0n) is 16.5. The minimum Gasteiger partial charge on any atom is -0.272 e. The predicted molar refractivity (Wildman–Crippen MR) is 135 cm³/mol. The molecule has 2 aliphatic rings. The molecule has 2 saturated heterocycles. The molecule has 3 rings (SSSR count). The van der Waals surface area contributed by atoms with Crippen molar-refractivity contribution in [3.05, 3.63) is 23.8 Å². The summed E-state index contributed by atoms with van der Waals surface area (Å²) in [5.74, 6) is 0. The lowest BCUT2D eigenvalue weighted by Gasteiger charge is -2.23. The average molecular weight is 507 g/mol. The maximum Gasteiger partial charge on any atom is 0.271 e. The van der Waals surface area contributed by atoms with Crippen LogP contribution in [-0.4, -0.2) is 43.7 Å². The molecule has 1 aromatic rings. The predicted octanol–water partition coefficient (Wildman–Crippen LogP) is 7.98. The van der Waals surface area contributed by atoms with Gasteiger partial charge in [0.05, 0.1) is 0 Å². The van der Waals surface area contributed by atoms with E-state index in [-0.39, 0.29) is 8.89 Å². The number of piperidine rings is 2. The van der Waals surface area contributed by atoms with Crippen LogP contribution in [-0.2, 0) is 0 Å². The Balaban J connectivity index is 1.39. The van der Waals surface area contributed by atoms with Crippen molar-refractivity contribution >= 4 is 76.0 Å². The van der Waals surface area contributed by atoms with E-state index in [0.29, 0.717) is 0 Å². The number of benzene rings is 1. The number of hydrogen-bond donors (Lipinski definition) is 0. The van der Waals surface area contributed by atoms with Gasteiger partial charge in [-0.1, -0.05) is 12.8 Å². The quantitative estimate of drug-likeness (QED) is 0.280. The third-order valence-corrected chi connectivity index (χ3v) is 11.8. The summed E-state index contributed by atoms with van der Waals surface area (Å²) in [5, 5.41) is 0. The van der Waals surface area contributed by atoms with Crippen molar-refractivity contribution in [1.82, 2.24) is 8.61 Å². The molecular weight excluding hydrogens is 481 g/mol. The van der Waals surface area contributed by atoms with Crippen LogP contribution in [0.1, 0.15) is 44.1 Å². The Morgan fingerprint density at radius 1 is 0.759 bits per heavy atom. The van der Waals surface area contributed by atoms with Crippen molar-refractivity contribution in [1.29, 1.82) is 0 Å². The van der Waals surface area contributed by atoms with Gasteiger partial charge in [0.25, 0.3) is 8.89 Å². The topological polar surface area (TPSA) is 40.6 Å². The first-order valence-corrected chi connectivity index (χ1v) is 15.7. The molecule has 1 aromatic carbocycles. The van der Waals surface area contributed by atoms with Gasteiger partial charge in [-0.25, -0.2) is 8.61 Å². The largest absolute Gasteiger partial charge is 0.272 e. The van der Waals surface area contributed by atoms with E-state index in [2.05, 4.69) is 27.7 Å². The molecule has 0 aromatic heterocycles. The third-order valence-electron chi connectivity index (χ3n) is 4.59. The van der Waals surface area contributed by atoms with Crippen LogP contribution in [0, 0.1) is 6.92 Å². The molecule has 2 fully saturated rings. The van der Waals surface area contributed by atoms with Crippen LogP contribution in [0.15, 0.2) is 28.0 Å². The highest BCUT2D eigenvalue weighted by Crippen LogP contribution is 2.42. The van der Waals surface area contributed by atoms with Crippen LogP contribution in [0.3, 0.4) is 0 Å². The first kappa shape index (κ1) is 24.2. The first-order valence-electron chi connectivity index (χ1n) is 9.83. The highest BCUT2D eigenvalue weighted by atomic mass is 33.1. The van der Waals surface area contributed by atoms with E-state index in [9.17, 15) is 9.59 Å². The van der Waals surface area contributed by atoms with Crippen LogP contribution in [0.5, 0.6) is 0 Å². The lowest BCUT2D eigenvalue weighted by molar-refractivity contribution is 0.274. The maximum atomic E-state index is 12.2. The zero-order valence-corrected chi connectivity index (χ0v) is 21.4. The van der Waals surface area contributed by atoms with Crippen LogP contribution in [0.2, 0.25) is 0 Å². The fourth-order valence-corrected chi connectivity index (χ4v) is 9.24. The molecule has 4 nitrogen and oxygen atoms in total. The molecule has 10 heteroatoms. The lowest BCUT2D eigenvalue weighted by atomic mass is 10.2. The van der Waals surface area contributed by atoms with Crippen molar-refractivity contribution in [2.24, 2.45) is 0 Å². The lowest BCUT2D eigenvalue weighted by Crippen LogP contribution is -2.23. The van der Waals surface area contributed by atoms with Crippen LogP contribution in [0.25, 0.3) is 0 Å². The van der Waals surface area contributed by atoms with Gasteiger partial charge < -0.3 is 0 Å². The van der Waals surface area contributed by atoms with Gasteiger partial charge in [-0.05, 0) is 99.5 Å². The molecule has 2 aliphatic heterocycles. The molecule has 0 N–H and O–H groups in total. The van der Waals surface area contributed by atoms with E-state index in [1.807, 2.05) is 6.07 Å². The van der Waals surface area contributed by atoms with E-state index in [0.717, 1.165) is 41.5 Å². The number of rotatable bonds is 6. The Bertz CT molecular complexity index is 693. The monoisotopic (exact) mass is 506 g/mol. The second-order valence-electron chi connectivity index (χ2n) is 6.92. The Labute approximate surface area is 198 Å². The molecule has 160 valence electrons. The number of carbonyl (C=O) groups is 2. The molecular formula is C19H26N2O2S6. The summed E-state index contributed by atoms with van der Waals surface area (Å²) in [6.45, 7) is 6.11. The fraction of sp³-hybridized carbons (Fsp3) is 0.579. The molecule has 2 heterocycles. The number of nitrogens with zero attached hydrogens (tertiary/aromatic N) is 2. The van der Waals surface area contributed by atoms with Gasteiger partial charge in [-0.15, -0.1) is 0 Å². The normalized spacial score (nSPS) is 18.7. The Morgan fingerprint density at radius 2 is 1.28 bits per heavy atom. The van der Waals surface area contributed by atoms with E-state index in [1.165, 1.54) is 106 Å². The summed E-state index contributed by atoms with van der Waals surface area (Å²) in [5.41, 5.74) is 1.14. The highest BCUT2D eigenvalue weighted by Gasteiger charge is 2.17. The first-order chi connectivity index (χ1) is 14.1. The molecule has 0 unspecified atom stereocenters. The molecule has 0 bridgehead atoms. The van der Waals surface area contributed by atoms with E-state index >= 15 is 0 Å². The number of carbonyl (C=O) groups excluding carboxylic acids is 2. The molecule has 0 radical (unpaired) electrons. The molecule has 0 atom stereocenters. The Morgan fingerprint density at radius 3 is 1.79 bits per heavy atom. The van der Waals surface area contributed by atoms with Crippen LogP contribution < -0.4 is 0 Å². The summed E-state index contributed by atoms with van der Waals surface area (Å²) in [4.78, 5) is 26.6. The number of aryl methyl sites for hydroxylation is 1. The van der Waals surface area contributed by atoms with E-state index in [1.54, 1.807) is 0 Å². The van der Waals surface area contributed by atoms with Crippen molar-refractivity contribution < 1.29 is 9.59 Å². The molecule has 0 spiro atoms. The Kier molecular flexibility index (Phi) is 11.0. The Hall–Kier alpha value is 0.580. The van der Waals surface area contributed by atoms with Crippen molar-refractivity contribution in [2.75, 3.05) is 26.2 Å². The minimum absolute atomic E-state index is 0.142. The fourth-order valence-electron chi connectivity index (χ4n) is 3.08. The summed E-state index contributed by atoms with van der Waals surface area (Å²) in [6, 6.07) is 6.19. The number of hydrogen-bond acceptors (Lipinski definition) is 10. The van der Waals surface area contributed by atoms with Gasteiger partial charge in [0.1, 0.15) is 0 Å². The van der Waals surface area contributed by atoms with Gasteiger partial charge in [0, 0.05) is 59.9 Å². The standard InChI is InChI=1S/C19H26N2O2S6/c1-15-14-16(26-28-18(22)24-20-10-4-2-5-11-20)8-9-17(15)27-29-19(23)25-21-12-6-3-7-13-21/h8-9,14H,2-7,10-13H2,1H3. The average Bonchev–Trinajstić information content (AvgIpc) is 2.73. The minimum atomic E-state index is 0.142. The van der Waals surface area contributed by atoms with Gasteiger partial charge in [0.15, 0.2) is 0 Å². The van der Waals surface area contributed by atoms with Crippen LogP contribution >= 0.6 is 67.1 Å². The van der Waals surface area contributed by atoms with E-state index in [4.69, 9.17) is 0 Å². The van der Waals surface area contributed by atoms with Crippen molar-refractivity contribution in [3.63, 3.8) is 0 Å². The molecule has 0 saturated carbocycles. The second-order valence-corrected chi connectivity index (χ2v) is 13.9. The summed E-state index contributed by atoms with van der Waals surface area (Å²) in [6.07, 6.45) is 7.30. The van der Waals surface area contributed by atoms with Gasteiger partial charge in [-0.3, -0.25) is 9.59 Å². The van der Waals surface area contributed by atoms with Crippen molar-refractivity contribution in [3.8, 4) is 0 Å². The highest BCUT2D eigenvalue weighted by molar-refractivity contribution is 8.86. The zero-order chi connectivity index (χ0) is 20.5. The van der Waals surface area contributed by atoms with Crippen LogP contribution in [0.4, 0.5) is 9.59 Å². The SMILES string of the molecule is Cc1cc(SSC(=O)SN2CCCCC2)ccc1SSC(=O)SN1CCCCC1. The van der Waals surface area contributed by atoms with Gasteiger partial charge >= 0.3 is 0 Å². The van der Waals surface area contributed by atoms with Gasteiger partial charge in [-0.2, -0.15) is 0 Å². The second kappa shape index (κ2) is 13.2.